The van der Waals surface area contributed by atoms with E-state index in [2.05, 4.69) is 17.4 Å². The van der Waals surface area contributed by atoms with E-state index in [9.17, 15) is 14.4 Å². The lowest BCUT2D eigenvalue weighted by molar-refractivity contribution is -0.135. The second-order valence-corrected chi connectivity index (χ2v) is 9.99. The van der Waals surface area contributed by atoms with Gasteiger partial charge in [0.05, 0.1) is 0 Å². The summed E-state index contributed by atoms with van der Waals surface area (Å²) in [6.45, 7) is 2.12. The molecule has 0 saturated carbocycles. The van der Waals surface area contributed by atoms with E-state index in [0.29, 0.717) is 51.9 Å². The predicted octanol–water partition coefficient (Wildman–Crippen LogP) is 3.42. The lowest BCUT2D eigenvalue weighted by Gasteiger charge is -2.41. The maximum Gasteiger partial charge on any atom is 0.325 e. The first-order valence-electron chi connectivity index (χ1n) is 12.7. The van der Waals surface area contributed by atoms with Crippen LogP contribution in [0.2, 0.25) is 0 Å². The largest absolute Gasteiger partial charge is 0.339 e. The second kappa shape index (κ2) is 11.5. The Morgan fingerprint density at radius 3 is 2.31 bits per heavy atom. The average Bonchev–Trinajstić information content (AvgIpc) is 3.15. The summed E-state index contributed by atoms with van der Waals surface area (Å²) in [7, 11) is 3.86. The standard InChI is InChI=1S/C29H36N4O3/c1-31(2)21-22-33-27(35)29(30-28(33)36,18-15-24-11-7-4-8-12-24)25-16-19-32(20-17-25)26(34)14-13-23-9-5-3-6-10-23/h3-14,25H,15-22H2,1-2H3,(H,30,36)/b14-13+/t29-/m0/s1. The molecule has 2 aromatic carbocycles. The van der Waals surface area contributed by atoms with Crippen molar-refractivity contribution in [1.29, 1.82) is 0 Å². The molecule has 0 spiro atoms. The summed E-state index contributed by atoms with van der Waals surface area (Å²) >= 11 is 0. The minimum atomic E-state index is -0.936. The molecule has 1 N–H and O–H groups in total. The third kappa shape index (κ3) is 5.85. The molecule has 0 aliphatic carbocycles. The Labute approximate surface area is 213 Å². The molecule has 0 bridgehead atoms. The number of rotatable bonds is 9. The topological polar surface area (TPSA) is 73.0 Å². The van der Waals surface area contributed by atoms with Gasteiger partial charge in [-0.05, 0) is 62.9 Å². The number of amides is 4. The molecule has 0 aromatic heterocycles. The molecule has 0 unspecified atom stereocenters. The van der Waals surface area contributed by atoms with Crippen LogP contribution in [0, 0.1) is 5.92 Å². The van der Waals surface area contributed by atoms with Gasteiger partial charge < -0.3 is 15.1 Å². The van der Waals surface area contributed by atoms with Crippen molar-refractivity contribution in [2.75, 3.05) is 40.3 Å². The fourth-order valence-corrected chi connectivity index (χ4v) is 5.21. The minimum Gasteiger partial charge on any atom is -0.339 e. The predicted molar refractivity (Wildman–Crippen MR) is 141 cm³/mol. The summed E-state index contributed by atoms with van der Waals surface area (Å²) in [6.07, 6.45) is 6.05. The Kier molecular flexibility index (Phi) is 8.21. The molecule has 2 aliphatic heterocycles. The summed E-state index contributed by atoms with van der Waals surface area (Å²) in [4.78, 5) is 44.7. The van der Waals surface area contributed by atoms with Crippen LogP contribution >= 0.6 is 0 Å². The van der Waals surface area contributed by atoms with Crippen LogP contribution in [0.5, 0.6) is 0 Å². The van der Waals surface area contributed by atoms with Crippen molar-refractivity contribution >= 4 is 23.9 Å². The smallest absolute Gasteiger partial charge is 0.325 e. The van der Waals surface area contributed by atoms with Gasteiger partial charge in [-0.1, -0.05) is 60.7 Å². The number of nitrogens with zero attached hydrogens (tertiary/aromatic N) is 3. The van der Waals surface area contributed by atoms with Crippen LogP contribution < -0.4 is 5.32 Å². The number of piperidine rings is 1. The third-order valence-corrected chi connectivity index (χ3v) is 7.35. The van der Waals surface area contributed by atoms with E-state index >= 15 is 0 Å². The van der Waals surface area contributed by atoms with Gasteiger partial charge >= 0.3 is 6.03 Å². The van der Waals surface area contributed by atoms with Gasteiger partial charge in [-0.2, -0.15) is 0 Å². The van der Waals surface area contributed by atoms with Gasteiger partial charge in [0, 0.05) is 32.3 Å². The third-order valence-electron chi connectivity index (χ3n) is 7.35. The fourth-order valence-electron chi connectivity index (χ4n) is 5.21. The highest BCUT2D eigenvalue weighted by atomic mass is 16.2. The van der Waals surface area contributed by atoms with E-state index in [-0.39, 0.29) is 23.8 Å². The quantitative estimate of drug-likeness (QED) is 0.434. The first kappa shape index (κ1) is 25.6. The van der Waals surface area contributed by atoms with Gasteiger partial charge in [0.1, 0.15) is 5.54 Å². The van der Waals surface area contributed by atoms with Gasteiger partial charge in [0.25, 0.3) is 5.91 Å². The lowest BCUT2D eigenvalue weighted by Crippen LogP contribution is -2.57. The number of hydrogen-bond donors (Lipinski definition) is 1. The molecular formula is C29H36N4O3. The highest BCUT2D eigenvalue weighted by molar-refractivity contribution is 6.07. The monoisotopic (exact) mass is 488 g/mol. The Morgan fingerprint density at radius 2 is 1.67 bits per heavy atom. The van der Waals surface area contributed by atoms with Crippen molar-refractivity contribution < 1.29 is 14.4 Å². The summed E-state index contributed by atoms with van der Waals surface area (Å²) in [6, 6.07) is 19.5. The summed E-state index contributed by atoms with van der Waals surface area (Å²) in [5.41, 5.74) is 1.19. The van der Waals surface area contributed by atoms with Gasteiger partial charge in [0.15, 0.2) is 0 Å². The molecule has 2 aliphatic rings. The number of nitrogens with one attached hydrogen (secondary N) is 1. The molecule has 2 saturated heterocycles. The normalized spacial score (nSPS) is 21.0. The van der Waals surface area contributed by atoms with Crippen LogP contribution in [0.1, 0.15) is 30.4 Å². The van der Waals surface area contributed by atoms with Crippen molar-refractivity contribution in [3.63, 3.8) is 0 Å². The number of benzene rings is 2. The number of hydrogen-bond acceptors (Lipinski definition) is 4. The van der Waals surface area contributed by atoms with Crippen molar-refractivity contribution in [2.24, 2.45) is 5.92 Å². The first-order chi connectivity index (χ1) is 17.4. The summed E-state index contributed by atoms with van der Waals surface area (Å²) in [5, 5.41) is 3.12. The van der Waals surface area contributed by atoms with E-state index in [4.69, 9.17) is 0 Å². The minimum absolute atomic E-state index is 0.0231. The van der Waals surface area contributed by atoms with Crippen molar-refractivity contribution in [3.8, 4) is 0 Å². The maximum atomic E-state index is 13.8. The number of carbonyl (C=O) groups is 3. The molecule has 2 aromatic rings. The molecular weight excluding hydrogens is 452 g/mol. The molecule has 7 nitrogen and oxygen atoms in total. The average molecular weight is 489 g/mol. The van der Waals surface area contributed by atoms with Crippen LogP contribution in [0.15, 0.2) is 66.7 Å². The number of aryl methyl sites for hydroxylation is 1. The number of urea groups is 1. The molecule has 4 rings (SSSR count). The molecule has 2 fully saturated rings. The van der Waals surface area contributed by atoms with Crippen LogP contribution in [0.3, 0.4) is 0 Å². The molecule has 4 amide bonds. The van der Waals surface area contributed by atoms with Gasteiger partial charge in [-0.15, -0.1) is 0 Å². The number of likely N-dealkylation sites (tertiary alicyclic amines) is 1. The maximum absolute atomic E-state index is 13.8. The Morgan fingerprint density at radius 1 is 1.03 bits per heavy atom. The highest BCUT2D eigenvalue weighted by Gasteiger charge is 2.55. The van der Waals surface area contributed by atoms with E-state index in [1.54, 1.807) is 6.08 Å². The van der Waals surface area contributed by atoms with Crippen LogP contribution in [-0.4, -0.2) is 78.4 Å². The van der Waals surface area contributed by atoms with Crippen molar-refractivity contribution in [1.82, 2.24) is 20.0 Å². The first-order valence-corrected chi connectivity index (χ1v) is 12.7. The molecule has 7 heteroatoms. The summed E-state index contributed by atoms with van der Waals surface area (Å²) < 4.78 is 0. The Bertz CT molecular complexity index is 1080. The molecule has 190 valence electrons. The summed E-state index contributed by atoms with van der Waals surface area (Å²) in [5.74, 6) is -0.173. The number of carbonyl (C=O) groups excluding carboxylic acids is 3. The molecule has 36 heavy (non-hydrogen) atoms. The van der Waals surface area contributed by atoms with Gasteiger partial charge in [-0.3, -0.25) is 14.5 Å². The fraction of sp³-hybridized carbons (Fsp3) is 0.414. The van der Waals surface area contributed by atoms with Crippen LogP contribution in [0.4, 0.5) is 4.79 Å². The second-order valence-electron chi connectivity index (χ2n) is 9.99. The van der Waals surface area contributed by atoms with Crippen molar-refractivity contribution in [3.05, 3.63) is 77.9 Å². The van der Waals surface area contributed by atoms with Gasteiger partial charge in [0.2, 0.25) is 5.91 Å². The SMILES string of the molecule is CN(C)CCN1C(=O)N[C@@](CCc2ccccc2)(C2CCN(C(=O)/C=C/c3ccccc3)CC2)C1=O. The van der Waals surface area contributed by atoms with E-state index in [1.165, 1.54) is 4.90 Å². The number of imide groups is 1. The van der Waals surface area contributed by atoms with Crippen molar-refractivity contribution in [2.45, 2.75) is 31.2 Å². The lowest BCUT2D eigenvalue weighted by atomic mass is 9.74. The Balaban J connectivity index is 1.46. The zero-order valence-corrected chi connectivity index (χ0v) is 21.2. The van der Waals surface area contributed by atoms with Crippen LogP contribution in [0.25, 0.3) is 6.08 Å². The van der Waals surface area contributed by atoms with Gasteiger partial charge in [-0.25, -0.2) is 4.79 Å². The number of likely N-dealkylation sites (N-methyl/N-ethyl adjacent to an activating group) is 1. The van der Waals surface area contributed by atoms with E-state index in [0.717, 1.165) is 11.1 Å². The highest BCUT2D eigenvalue weighted by Crippen LogP contribution is 2.37. The molecule has 0 radical (unpaired) electrons. The molecule has 2 heterocycles. The molecule has 1 atom stereocenters. The van der Waals surface area contributed by atoms with E-state index < -0.39 is 5.54 Å². The zero-order chi connectivity index (χ0) is 25.5. The zero-order valence-electron chi connectivity index (χ0n) is 21.2. The van der Waals surface area contributed by atoms with E-state index in [1.807, 2.05) is 78.5 Å². The van der Waals surface area contributed by atoms with Crippen LogP contribution in [-0.2, 0) is 16.0 Å². The Hall–Kier alpha value is -3.45.